The number of fused-ring (bicyclic) bond motifs is 5. The minimum atomic E-state index is 0.567. The van der Waals surface area contributed by atoms with E-state index >= 15 is 0 Å². The average molecular weight is 777 g/mol. The number of hydrogen-bond donors (Lipinski definition) is 0. The molecule has 4 heteroatoms. The smallest absolute Gasteiger partial charge is 0.142 e. The summed E-state index contributed by atoms with van der Waals surface area (Å²) < 4.78 is 14.1. The Morgan fingerprint density at radius 2 is 0.875 bits per heavy atom. The first-order chi connectivity index (χ1) is 27.1. The molecule has 9 rings (SSSR count). The van der Waals surface area contributed by atoms with E-state index in [9.17, 15) is 0 Å². The van der Waals surface area contributed by atoms with Crippen molar-refractivity contribution in [2.24, 2.45) is 35.5 Å². The van der Waals surface area contributed by atoms with Crippen LogP contribution in [-0.4, -0.2) is 13.2 Å². The second-order valence-electron chi connectivity index (χ2n) is 17.7. The van der Waals surface area contributed by atoms with Crippen LogP contribution >= 0.6 is 16.4 Å². The number of ether oxygens (including phenoxy) is 2. The molecule has 2 heterocycles. The van der Waals surface area contributed by atoms with E-state index in [-0.39, 0.29) is 0 Å². The number of hydrogen-bond acceptors (Lipinski definition) is 2. The molecule has 0 spiro atoms. The Labute approximate surface area is 338 Å². The fraction of sp³-hybridized carbons (Fsp3) is 0.385. The van der Waals surface area contributed by atoms with Crippen LogP contribution < -0.4 is 9.47 Å². The maximum Gasteiger partial charge on any atom is 0.142 e. The predicted octanol–water partition coefficient (Wildman–Crippen LogP) is 14.6. The molecule has 0 saturated heterocycles. The van der Waals surface area contributed by atoms with Crippen LogP contribution in [0.2, 0.25) is 0 Å². The third-order valence-corrected chi connectivity index (χ3v) is 17.0. The normalized spacial score (nSPS) is 22.8. The highest BCUT2D eigenvalue weighted by molar-refractivity contribution is 7.33. The van der Waals surface area contributed by atoms with Gasteiger partial charge < -0.3 is 9.47 Å². The van der Waals surface area contributed by atoms with Crippen LogP contribution in [-0.2, 0) is 0 Å². The largest absolute Gasteiger partial charge is 0.489 e. The van der Waals surface area contributed by atoms with Crippen LogP contribution in [0.15, 0.2) is 84.4 Å². The molecule has 288 valence electrons. The summed E-state index contributed by atoms with van der Waals surface area (Å²) in [6, 6.07) is 27.0. The summed E-state index contributed by atoms with van der Waals surface area (Å²) in [5.74, 6) is 9.52. The van der Waals surface area contributed by atoms with Crippen LogP contribution in [0.4, 0.5) is 0 Å². The van der Waals surface area contributed by atoms with Gasteiger partial charge in [0.1, 0.15) is 11.0 Å². The summed E-state index contributed by atoms with van der Waals surface area (Å²) >= 11 is 0. The molecule has 0 N–H and O–H groups in total. The minimum Gasteiger partial charge on any atom is -0.489 e. The average Bonchev–Trinajstić information content (AvgIpc) is 4.02. The summed E-state index contributed by atoms with van der Waals surface area (Å²) in [6.45, 7) is 19.7. The lowest BCUT2D eigenvalue weighted by Gasteiger charge is -2.31. The van der Waals surface area contributed by atoms with Gasteiger partial charge in [0.2, 0.25) is 0 Å². The molecule has 4 aromatic carbocycles. The van der Waals surface area contributed by atoms with Crippen LogP contribution in [0.3, 0.4) is 0 Å². The van der Waals surface area contributed by atoms with Crippen molar-refractivity contribution in [3.05, 3.63) is 129 Å². The van der Waals surface area contributed by atoms with Gasteiger partial charge in [-0.1, -0.05) is 89.2 Å². The van der Waals surface area contributed by atoms with Gasteiger partial charge in [-0.2, -0.15) is 0 Å². The molecule has 2 bridgehead atoms. The molecule has 2 aromatic heterocycles. The standard InChI is InChI=1S/C52H58O2P2/c1-29-13-9-17-40(33(29)5)47-27-55-51(49(47)42-19-11-15-31(3)35(42)7)53-25-37-21-44-38-23-39(45(24-38)46(44)22-37)26-54-52-50(43-20-12-16-32(4)36(43)8)48(28-56-52)41-18-10-14-30(2)34(41)6/h9-20,27-28,37-39,44-46,55-56H,21-26H2,1-8H3. The number of aryl methyl sites for hydroxylation is 4. The van der Waals surface area contributed by atoms with Crippen molar-refractivity contribution in [1.29, 1.82) is 0 Å². The molecule has 56 heavy (non-hydrogen) atoms. The third-order valence-electron chi connectivity index (χ3n) is 14.8. The second-order valence-corrected chi connectivity index (χ2v) is 19.8. The predicted molar refractivity (Wildman–Crippen MR) is 242 cm³/mol. The molecule has 0 radical (unpaired) electrons. The zero-order valence-electron chi connectivity index (χ0n) is 34.6. The van der Waals surface area contributed by atoms with E-state index in [0.29, 0.717) is 28.2 Å². The van der Waals surface area contributed by atoms with Crippen molar-refractivity contribution in [2.45, 2.75) is 81.1 Å². The molecule has 3 saturated carbocycles. The molecule has 2 nitrogen and oxygen atoms in total. The van der Waals surface area contributed by atoms with Gasteiger partial charge in [0.15, 0.2) is 0 Å². The van der Waals surface area contributed by atoms with Crippen LogP contribution in [0.5, 0.6) is 11.0 Å². The Morgan fingerprint density at radius 1 is 0.446 bits per heavy atom. The van der Waals surface area contributed by atoms with Crippen molar-refractivity contribution >= 4 is 16.4 Å². The lowest BCUT2D eigenvalue weighted by molar-refractivity contribution is 0.134. The Bertz CT molecular complexity index is 2430. The maximum absolute atomic E-state index is 7.05. The van der Waals surface area contributed by atoms with Crippen molar-refractivity contribution in [3.8, 4) is 55.5 Å². The van der Waals surface area contributed by atoms with Crippen molar-refractivity contribution < 1.29 is 9.47 Å². The van der Waals surface area contributed by atoms with E-state index < -0.39 is 0 Å². The minimum absolute atomic E-state index is 0.567. The molecule has 3 aliphatic carbocycles. The number of benzene rings is 4. The first-order valence-corrected chi connectivity index (χ1v) is 23.2. The fourth-order valence-electron chi connectivity index (χ4n) is 11.2. The Kier molecular flexibility index (Phi) is 10.1. The van der Waals surface area contributed by atoms with Gasteiger partial charge in [0, 0.05) is 11.1 Å². The molecular formula is C52H58O2P2. The van der Waals surface area contributed by atoms with E-state index in [1.54, 1.807) is 0 Å². The van der Waals surface area contributed by atoms with Gasteiger partial charge in [0.25, 0.3) is 0 Å². The van der Waals surface area contributed by atoms with Gasteiger partial charge in [-0.05, 0) is 206 Å². The van der Waals surface area contributed by atoms with Crippen LogP contribution in [0.1, 0.15) is 70.2 Å². The highest BCUT2D eigenvalue weighted by Crippen LogP contribution is 2.63. The van der Waals surface area contributed by atoms with Crippen molar-refractivity contribution in [2.75, 3.05) is 13.2 Å². The molecule has 8 atom stereocenters. The zero-order chi connectivity index (χ0) is 38.8. The highest BCUT2D eigenvalue weighted by Gasteiger charge is 2.56. The summed E-state index contributed by atoms with van der Waals surface area (Å²) in [6.07, 6.45) is 5.38. The summed E-state index contributed by atoms with van der Waals surface area (Å²) in [4.78, 5) is 0. The number of rotatable bonds is 10. The lowest BCUT2D eigenvalue weighted by Crippen LogP contribution is -2.28. The first-order valence-electron chi connectivity index (χ1n) is 21.0. The zero-order valence-corrected chi connectivity index (χ0v) is 36.6. The Hall–Kier alpha value is -3.96. The molecule has 0 aliphatic heterocycles. The highest BCUT2D eigenvalue weighted by atomic mass is 31.0. The van der Waals surface area contributed by atoms with Gasteiger partial charge >= 0.3 is 0 Å². The second kappa shape index (κ2) is 15.1. The van der Waals surface area contributed by atoms with Crippen LogP contribution in [0, 0.1) is 90.9 Å². The van der Waals surface area contributed by atoms with E-state index in [0.717, 1.165) is 36.9 Å². The SMILES string of the molecule is Cc1cccc(-c2c[pH]c(OCC3CC4C5CC(COc6[pH]cc(-c7cccc(C)c7C)c6-c6cccc(C)c6C)C(C5)C4C3)c2-c2cccc(C)c2C)c1C. The van der Waals surface area contributed by atoms with E-state index in [1.807, 2.05) is 0 Å². The first kappa shape index (κ1) is 37.6. The maximum atomic E-state index is 7.05. The Morgan fingerprint density at radius 3 is 1.38 bits per heavy atom. The van der Waals surface area contributed by atoms with Crippen molar-refractivity contribution in [3.63, 3.8) is 0 Å². The van der Waals surface area contributed by atoms with Gasteiger partial charge in [-0.25, -0.2) is 0 Å². The quantitative estimate of drug-likeness (QED) is 0.138. The molecule has 3 aliphatic rings. The third kappa shape index (κ3) is 6.50. The van der Waals surface area contributed by atoms with Gasteiger partial charge in [-0.3, -0.25) is 0 Å². The topological polar surface area (TPSA) is 18.5 Å². The fourth-order valence-corrected chi connectivity index (χ4v) is 13.5. The molecule has 3 fully saturated rings. The Balaban J connectivity index is 0.922. The van der Waals surface area contributed by atoms with Gasteiger partial charge in [-0.15, -0.1) is 0 Å². The summed E-state index contributed by atoms with van der Waals surface area (Å²) in [7, 11) is 1.13. The molecule has 8 unspecified atom stereocenters. The van der Waals surface area contributed by atoms with Crippen molar-refractivity contribution in [1.82, 2.24) is 0 Å². The summed E-state index contributed by atoms with van der Waals surface area (Å²) in [5.41, 5.74) is 24.0. The van der Waals surface area contributed by atoms with Gasteiger partial charge in [0.05, 0.1) is 13.2 Å². The van der Waals surface area contributed by atoms with Crippen LogP contribution in [0.25, 0.3) is 44.5 Å². The van der Waals surface area contributed by atoms with E-state index in [2.05, 4.69) is 140 Å². The monoisotopic (exact) mass is 776 g/mol. The summed E-state index contributed by atoms with van der Waals surface area (Å²) in [5, 5.41) is 0. The van der Waals surface area contributed by atoms with E-state index in [4.69, 9.17) is 9.47 Å². The molecular weight excluding hydrogens is 719 g/mol. The molecule has 6 aromatic rings. The molecule has 0 amide bonds. The van der Waals surface area contributed by atoms with E-state index in [1.165, 1.54) is 126 Å². The lowest BCUT2D eigenvalue weighted by atomic mass is 9.76.